The Kier molecular flexibility index (Phi) is 4.99. The van der Waals surface area contributed by atoms with Crippen LogP contribution in [0.4, 0.5) is 0 Å². The van der Waals surface area contributed by atoms with Crippen molar-refractivity contribution in [1.82, 2.24) is 19.3 Å². The van der Waals surface area contributed by atoms with Gasteiger partial charge in [0.25, 0.3) is 11.5 Å². The van der Waals surface area contributed by atoms with Crippen molar-refractivity contribution in [2.75, 3.05) is 6.79 Å². The fourth-order valence-electron chi connectivity index (χ4n) is 4.35. The number of ether oxygens (including phenoxy) is 2. The van der Waals surface area contributed by atoms with Crippen LogP contribution in [-0.2, 0) is 13.1 Å². The van der Waals surface area contributed by atoms with Crippen LogP contribution in [0, 0.1) is 6.92 Å². The fraction of sp³-hybridized carbons (Fsp3) is 0.148. The molecule has 2 aromatic carbocycles. The molecule has 1 N–H and O–H groups in total. The van der Waals surface area contributed by atoms with E-state index in [0.29, 0.717) is 47.0 Å². The van der Waals surface area contributed by atoms with Crippen molar-refractivity contribution in [2.24, 2.45) is 0 Å². The summed E-state index contributed by atoms with van der Waals surface area (Å²) in [6.45, 7) is 2.83. The number of carbonyl (C=O) groups is 1. The second-order valence-corrected chi connectivity index (χ2v) is 8.56. The molecule has 6 rings (SSSR count). The smallest absolute Gasteiger partial charge is 0.268 e. The van der Waals surface area contributed by atoms with E-state index < -0.39 is 0 Å². The van der Waals surface area contributed by atoms with Crippen molar-refractivity contribution < 1.29 is 14.3 Å². The van der Waals surface area contributed by atoms with E-state index in [1.54, 1.807) is 16.8 Å². The van der Waals surface area contributed by atoms with Crippen LogP contribution in [-0.4, -0.2) is 26.7 Å². The van der Waals surface area contributed by atoms with E-state index in [1.807, 2.05) is 67.6 Å². The van der Waals surface area contributed by atoms with Crippen LogP contribution >= 0.6 is 0 Å². The standard InChI is InChI=1S/C27H22N4O4/c1-17-7-10-24-29-25-20(27(33)31(24)14-17)12-21(30(25)15-18-5-3-2-4-6-18)26(32)28-13-19-8-9-22-23(11-19)35-16-34-22/h2-12,14H,13,15-16H2,1H3,(H,28,32). The van der Waals surface area contributed by atoms with Crippen LogP contribution in [0.15, 0.2) is 77.7 Å². The van der Waals surface area contributed by atoms with Crippen molar-refractivity contribution >= 4 is 22.6 Å². The Morgan fingerprint density at radius 3 is 2.69 bits per heavy atom. The van der Waals surface area contributed by atoms with Crippen LogP contribution in [0.3, 0.4) is 0 Å². The highest BCUT2D eigenvalue weighted by Gasteiger charge is 2.21. The number of nitrogens with zero attached hydrogens (tertiary/aromatic N) is 3. The number of benzene rings is 2. The van der Waals surface area contributed by atoms with Gasteiger partial charge in [-0.25, -0.2) is 4.98 Å². The number of aryl methyl sites for hydroxylation is 1. The first-order valence-corrected chi connectivity index (χ1v) is 11.3. The number of nitrogens with one attached hydrogen (secondary N) is 1. The Balaban J connectivity index is 1.41. The lowest BCUT2D eigenvalue weighted by Crippen LogP contribution is -2.25. The van der Waals surface area contributed by atoms with Gasteiger partial charge in [-0.3, -0.25) is 14.0 Å². The third-order valence-corrected chi connectivity index (χ3v) is 6.12. The molecule has 174 valence electrons. The monoisotopic (exact) mass is 466 g/mol. The molecule has 0 fully saturated rings. The van der Waals surface area contributed by atoms with Crippen molar-refractivity contribution in [2.45, 2.75) is 20.0 Å². The first-order valence-electron chi connectivity index (χ1n) is 11.3. The maximum Gasteiger partial charge on any atom is 0.268 e. The SMILES string of the molecule is Cc1ccc2nc3c(cc(C(=O)NCc4ccc5c(c4)OCO5)n3Cc3ccccc3)c(=O)n2c1. The zero-order valence-electron chi connectivity index (χ0n) is 19.0. The van der Waals surface area contributed by atoms with Gasteiger partial charge in [0.1, 0.15) is 17.0 Å². The summed E-state index contributed by atoms with van der Waals surface area (Å²) in [4.78, 5) is 31.4. The molecule has 8 heteroatoms. The Labute approximate surface area is 200 Å². The minimum atomic E-state index is -0.291. The molecule has 0 spiro atoms. The first-order chi connectivity index (χ1) is 17.1. The number of fused-ring (bicyclic) bond motifs is 3. The van der Waals surface area contributed by atoms with Gasteiger partial charge in [-0.1, -0.05) is 42.5 Å². The molecule has 8 nitrogen and oxygen atoms in total. The van der Waals surface area contributed by atoms with E-state index in [2.05, 4.69) is 5.32 Å². The number of aromatic nitrogens is 3. The summed E-state index contributed by atoms with van der Waals surface area (Å²) in [6.07, 6.45) is 1.76. The molecule has 4 heterocycles. The second-order valence-electron chi connectivity index (χ2n) is 8.56. The van der Waals surface area contributed by atoms with E-state index >= 15 is 0 Å². The van der Waals surface area contributed by atoms with E-state index in [1.165, 1.54) is 4.40 Å². The number of amides is 1. The normalized spacial score (nSPS) is 12.4. The zero-order valence-corrected chi connectivity index (χ0v) is 19.0. The van der Waals surface area contributed by atoms with Crippen LogP contribution < -0.4 is 20.3 Å². The average molecular weight is 466 g/mol. The van der Waals surface area contributed by atoms with Gasteiger partial charge in [-0.05, 0) is 47.9 Å². The molecule has 0 bridgehead atoms. The lowest BCUT2D eigenvalue weighted by Gasteiger charge is -2.12. The van der Waals surface area contributed by atoms with Gasteiger partial charge in [0, 0.05) is 19.3 Å². The van der Waals surface area contributed by atoms with Crippen LogP contribution in [0.25, 0.3) is 16.7 Å². The molecule has 35 heavy (non-hydrogen) atoms. The van der Waals surface area contributed by atoms with Gasteiger partial charge in [-0.2, -0.15) is 0 Å². The van der Waals surface area contributed by atoms with E-state index in [-0.39, 0.29) is 18.3 Å². The number of carbonyl (C=O) groups excluding carboxylic acids is 1. The predicted octanol–water partition coefficient (Wildman–Crippen LogP) is 3.66. The lowest BCUT2D eigenvalue weighted by atomic mass is 10.2. The molecule has 0 saturated carbocycles. The summed E-state index contributed by atoms with van der Waals surface area (Å²) in [5.74, 6) is 1.06. The molecule has 0 saturated heterocycles. The molecule has 1 aliphatic heterocycles. The third-order valence-electron chi connectivity index (χ3n) is 6.12. The average Bonchev–Trinajstić information content (AvgIpc) is 3.48. The Bertz CT molecular complexity index is 1650. The van der Waals surface area contributed by atoms with Crippen molar-refractivity contribution in [3.05, 3.63) is 106 Å². The lowest BCUT2D eigenvalue weighted by molar-refractivity contribution is 0.0942. The molecule has 3 aromatic heterocycles. The largest absolute Gasteiger partial charge is 0.454 e. The molecule has 0 aliphatic carbocycles. The van der Waals surface area contributed by atoms with Gasteiger partial charge in [0.05, 0.1) is 5.39 Å². The Hall–Kier alpha value is -4.59. The first kappa shape index (κ1) is 21.0. The quantitative estimate of drug-likeness (QED) is 0.427. The van der Waals surface area contributed by atoms with Crippen LogP contribution in [0.5, 0.6) is 11.5 Å². The van der Waals surface area contributed by atoms with Gasteiger partial charge < -0.3 is 19.4 Å². The topological polar surface area (TPSA) is 86.9 Å². The van der Waals surface area contributed by atoms with Crippen LogP contribution in [0.1, 0.15) is 27.2 Å². The van der Waals surface area contributed by atoms with E-state index in [0.717, 1.165) is 16.7 Å². The van der Waals surface area contributed by atoms with Crippen LogP contribution in [0.2, 0.25) is 0 Å². The van der Waals surface area contributed by atoms with Gasteiger partial charge in [-0.15, -0.1) is 0 Å². The second kappa shape index (κ2) is 8.32. The summed E-state index contributed by atoms with van der Waals surface area (Å²) in [5, 5.41) is 3.37. The Morgan fingerprint density at radius 2 is 1.83 bits per heavy atom. The molecule has 1 amide bonds. The van der Waals surface area contributed by atoms with Crippen molar-refractivity contribution in [3.63, 3.8) is 0 Å². The summed E-state index contributed by atoms with van der Waals surface area (Å²) in [5.41, 5.74) is 4.02. The van der Waals surface area contributed by atoms with Gasteiger partial charge >= 0.3 is 0 Å². The van der Waals surface area contributed by atoms with Crippen molar-refractivity contribution in [1.29, 1.82) is 0 Å². The predicted molar refractivity (Wildman–Crippen MR) is 131 cm³/mol. The van der Waals surface area contributed by atoms with E-state index in [4.69, 9.17) is 14.5 Å². The summed E-state index contributed by atoms with van der Waals surface area (Å²) in [6, 6.07) is 20.7. The third kappa shape index (κ3) is 3.78. The number of rotatable bonds is 5. The summed E-state index contributed by atoms with van der Waals surface area (Å²) in [7, 11) is 0. The van der Waals surface area contributed by atoms with Gasteiger partial charge in [0.2, 0.25) is 6.79 Å². The highest BCUT2D eigenvalue weighted by molar-refractivity contribution is 5.98. The van der Waals surface area contributed by atoms with Gasteiger partial charge in [0.15, 0.2) is 11.5 Å². The molecular weight excluding hydrogens is 444 g/mol. The zero-order chi connectivity index (χ0) is 23.9. The highest BCUT2D eigenvalue weighted by Crippen LogP contribution is 2.32. The van der Waals surface area contributed by atoms with Crippen molar-refractivity contribution in [3.8, 4) is 11.5 Å². The molecule has 0 radical (unpaired) electrons. The maximum absolute atomic E-state index is 13.4. The number of hydrogen-bond donors (Lipinski definition) is 1. The highest BCUT2D eigenvalue weighted by atomic mass is 16.7. The molecule has 1 aliphatic rings. The number of pyridine rings is 1. The molecule has 0 unspecified atom stereocenters. The maximum atomic E-state index is 13.4. The Morgan fingerprint density at radius 1 is 1.00 bits per heavy atom. The summed E-state index contributed by atoms with van der Waals surface area (Å²) < 4.78 is 14.1. The summed E-state index contributed by atoms with van der Waals surface area (Å²) >= 11 is 0. The number of hydrogen-bond acceptors (Lipinski definition) is 5. The minimum Gasteiger partial charge on any atom is -0.454 e. The molecule has 5 aromatic rings. The fourth-order valence-corrected chi connectivity index (χ4v) is 4.35. The molecule has 0 atom stereocenters. The molecular formula is C27H22N4O4. The minimum absolute atomic E-state index is 0.196. The van der Waals surface area contributed by atoms with E-state index in [9.17, 15) is 9.59 Å².